The van der Waals surface area contributed by atoms with E-state index in [4.69, 9.17) is 9.47 Å². The standard InChI is InChI=1S/C30H34FN3O3/c1-36-25-10-5-21(6-11-25)13-14-32-30(35)27-17-23-7-12-26(37-2)18-28(23)34-16-15-33(20-29(27)34)19-22-3-8-24(31)9-4-22/h3-12,18,27,29H,13-17,19-20H2,1-2H3,(H,32,35)/t27-,29+/m0/s1. The molecule has 2 aliphatic rings. The molecule has 1 saturated heterocycles. The zero-order valence-electron chi connectivity index (χ0n) is 21.5. The number of halogens is 1. The van der Waals surface area contributed by atoms with Crippen molar-refractivity contribution < 1.29 is 18.7 Å². The molecule has 1 N–H and O–H groups in total. The normalized spacial score (nSPS) is 19.1. The van der Waals surface area contributed by atoms with Gasteiger partial charge in [-0.1, -0.05) is 30.3 Å². The Morgan fingerprint density at radius 1 is 0.946 bits per heavy atom. The second kappa shape index (κ2) is 11.2. The molecule has 5 rings (SSSR count). The first-order valence-electron chi connectivity index (χ1n) is 12.8. The van der Waals surface area contributed by atoms with Gasteiger partial charge >= 0.3 is 0 Å². The molecule has 1 fully saturated rings. The van der Waals surface area contributed by atoms with Crippen molar-refractivity contribution in [1.29, 1.82) is 0 Å². The van der Waals surface area contributed by atoms with E-state index in [-0.39, 0.29) is 23.7 Å². The summed E-state index contributed by atoms with van der Waals surface area (Å²) in [5.74, 6) is 1.36. The van der Waals surface area contributed by atoms with Gasteiger partial charge in [0, 0.05) is 44.5 Å². The Morgan fingerprint density at radius 2 is 1.65 bits per heavy atom. The van der Waals surface area contributed by atoms with E-state index in [0.717, 1.165) is 60.9 Å². The maximum Gasteiger partial charge on any atom is 0.225 e. The minimum Gasteiger partial charge on any atom is -0.497 e. The van der Waals surface area contributed by atoms with Gasteiger partial charge in [0.15, 0.2) is 0 Å². The molecule has 0 aliphatic carbocycles. The molecule has 2 aliphatic heterocycles. The highest BCUT2D eigenvalue weighted by atomic mass is 19.1. The Morgan fingerprint density at radius 3 is 2.38 bits per heavy atom. The summed E-state index contributed by atoms with van der Waals surface area (Å²) < 4.78 is 24.1. The molecule has 7 heteroatoms. The van der Waals surface area contributed by atoms with Gasteiger partial charge in [0.1, 0.15) is 17.3 Å². The number of anilines is 1. The molecule has 6 nitrogen and oxygen atoms in total. The molecule has 3 aromatic rings. The lowest BCUT2D eigenvalue weighted by molar-refractivity contribution is -0.126. The number of piperazine rings is 1. The van der Waals surface area contributed by atoms with Crippen LogP contribution >= 0.6 is 0 Å². The first-order chi connectivity index (χ1) is 18.0. The lowest BCUT2D eigenvalue weighted by Crippen LogP contribution is -2.61. The zero-order valence-corrected chi connectivity index (χ0v) is 21.5. The predicted molar refractivity (Wildman–Crippen MR) is 143 cm³/mol. The number of rotatable bonds is 8. The van der Waals surface area contributed by atoms with Crippen LogP contribution in [0.3, 0.4) is 0 Å². The molecule has 0 aromatic heterocycles. The van der Waals surface area contributed by atoms with Crippen LogP contribution < -0.4 is 19.7 Å². The Hall–Kier alpha value is -3.58. The third-order valence-electron chi connectivity index (χ3n) is 7.54. The van der Waals surface area contributed by atoms with Gasteiger partial charge in [-0.3, -0.25) is 9.69 Å². The summed E-state index contributed by atoms with van der Waals surface area (Å²) in [5, 5.41) is 3.20. The fourth-order valence-electron chi connectivity index (χ4n) is 5.51. The fraction of sp³-hybridized carbons (Fsp3) is 0.367. The van der Waals surface area contributed by atoms with Crippen molar-refractivity contribution in [1.82, 2.24) is 10.2 Å². The first kappa shape index (κ1) is 25.1. The van der Waals surface area contributed by atoms with Crippen molar-refractivity contribution in [3.8, 4) is 11.5 Å². The van der Waals surface area contributed by atoms with Crippen molar-refractivity contribution in [2.75, 3.05) is 45.3 Å². The molecule has 0 spiro atoms. The summed E-state index contributed by atoms with van der Waals surface area (Å²) in [6.45, 7) is 3.78. The average molecular weight is 504 g/mol. The maximum absolute atomic E-state index is 13.5. The van der Waals surface area contributed by atoms with Gasteiger partial charge in [0.25, 0.3) is 0 Å². The molecule has 3 aromatic carbocycles. The molecule has 2 heterocycles. The SMILES string of the molecule is COc1ccc(CCNC(=O)[C@H]2Cc3ccc(OC)cc3N3CCN(Cc4ccc(F)cc4)C[C@H]23)cc1. The Kier molecular flexibility index (Phi) is 7.60. The Bertz CT molecular complexity index is 1220. The molecule has 1 amide bonds. The Balaban J connectivity index is 1.30. The van der Waals surface area contributed by atoms with Crippen molar-refractivity contribution in [2.24, 2.45) is 5.92 Å². The maximum atomic E-state index is 13.5. The topological polar surface area (TPSA) is 54.0 Å². The monoisotopic (exact) mass is 503 g/mol. The molecule has 2 atom stereocenters. The summed E-state index contributed by atoms with van der Waals surface area (Å²) in [4.78, 5) is 18.3. The molecule has 0 radical (unpaired) electrons. The van der Waals surface area contributed by atoms with Gasteiger partial charge < -0.3 is 19.7 Å². The number of carbonyl (C=O) groups is 1. The fourth-order valence-corrected chi connectivity index (χ4v) is 5.51. The van der Waals surface area contributed by atoms with Gasteiger partial charge in [-0.25, -0.2) is 4.39 Å². The third-order valence-corrected chi connectivity index (χ3v) is 7.54. The van der Waals surface area contributed by atoms with Crippen LogP contribution in [0.2, 0.25) is 0 Å². The van der Waals surface area contributed by atoms with Crippen LogP contribution in [-0.2, 0) is 24.2 Å². The van der Waals surface area contributed by atoms with E-state index in [1.165, 1.54) is 17.7 Å². The van der Waals surface area contributed by atoms with E-state index in [0.29, 0.717) is 13.0 Å². The number of carbonyl (C=O) groups excluding carboxylic acids is 1. The van der Waals surface area contributed by atoms with Crippen molar-refractivity contribution in [2.45, 2.75) is 25.4 Å². The Labute approximate surface area is 218 Å². The second-order valence-electron chi connectivity index (χ2n) is 9.82. The van der Waals surface area contributed by atoms with Crippen LogP contribution in [0.1, 0.15) is 16.7 Å². The van der Waals surface area contributed by atoms with Gasteiger partial charge in [-0.2, -0.15) is 0 Å². The van der Waals surface area contributed by atoms with E-state index < -0.39 is 0 Å². The van der Waals surface area contributed by atoms with E-state index in [9.17, 15) is 9.18 Å². The number of hydrogen-bond acceptors (Lipinski definition) is 5. The highest BCUT2D eigenvalue weighted by Gasteiger charge is 2.41. The van der Waals surface area contributed by atoms with Gasteiger partial charge in [0.05, 0.1) is 26.2 Å². The minimum atomic E-state index is -0.224. The zero-order chi connectivity index (χ0) is 25.8. The average Bonchev–Trinajstić information content (AvgIpc) is 2.93. The van der Waals surface area contributed by atoms with E-state index in [2.05, 4.69) is 27.2 Å². The molecular formula is C30H34FN3O3. The summed E-state index contributed by atoms with van der Waals surface area (Å²) in [5.41, 5.74) is 4.58. The van der Waals surface area contributed by atoms with Crippen LogP contribution in [0.5, 0.6) is 11.5 Å². The summed E-state index contributed by atoms with van der Waals surface area (Å²) in [6, 6.07) is 20.9. The number of nitrogens with zero attached hydrogens (tertiary/aromatic N) is 2. The van der Waals surface area contributed by atoms with Crippen molar-refractivity contribution in [3.05, 3.63) is 89.2 Å². The summed E-state index contributed by atoms with van der Waals surface area (Å²) in [6.07, 6.45) is 1.46. The number of fused-ring (bicyclic) bond motifs is 3. The molecule has 0 bridgehead atoms. The summed E-state index contributed by atoms with van der Waals surface area (Å²) >= 11 is 0. The molecule has 0 saturated carbocycles. The predicted octanol–water partition coefficient (Wildman–Crippen LogP) is 4.06. The highest BCUT2D eigenvalue weighted by Crippen LogP contribution is 2.38. The smallest absolute Gasteiger partial charge is 0.225 e. The molecule has 0 unspecified atom stereocenters. The highest BCUT2D eigenvalue weighted by molar-refractivity contribution is 5.82. The molecule has 194 valence electrons. The molecule has 37 heavy (non-hydrogen) atoms. The van der Waals surface area contributed by atoms with Crippen LogP contribution in [0, 0.1) is 11.7 Å². The number of nitrogens with one attached hydrogen (secondary N) is 1. The number of methoxy groups -OCH3 is 2. The number of benzene rings is 3. The van der Waals surface area contributed by atoms with Crippen LogP contribution in [0.4, 0.5) is 10.1 Å². The quantitative estimate of drug-likeness (QED) is 0.503. The second-order valence-corrected chi connectivity index (χ2v) is 9.82. The third kappa shape index (κ3) is 5.72. The lowest BCUT2D eigenvalue weighted by atomic mass is 9.83. The van der Waals surface area contributed by atoms with Gasteiger partial charge in [-0.15, -0.1) is 0 Å². The largest absolute Gasteiger partial charge is 0.497 e. The number of amides is 1. The van der Waals surface area contributed by atoms with Crippen LogP contribution in [0.25, 0.3) is 0 Å². The van der Waals surface area contributed by atoms with Crippen LogP contribution in [0.15, 0.2) is 66.7 Å². The molecular weight excluding hydrogens is 469 g/mol. The number of ether oxygens (including phenoxy) is 2. The first-order valence-corrected chi connectivity index (χ1v) is 12.8. The lowest BCUT2D eigenvalue weighted by Gasteiger charge is -2.49. The van der Waals surface area contributed by atoms with E-state index in [1.54, 1.807) is 14.2 Å². The van der Waals surface area contributed by atoms with E-state index >= 15 is 0 Å². The number of hydrogen-bond donors (Lipinski definition) is 1. The minimum absolute atomic E-state index is 0.0507. The summed E-state index contributed by atoms with van der Waals surface area (Å²) in [7, 11) is 3.34. The van der Waals surface area contributed by atoms with Gasteiger partial charge in [-0.05, 0) is 59.9 Å². The van der Waals surface area contributed by atoms with Gasteiger partial charge in [0.2, 0.25) is 5.91 Å². The van der Waals surface area contributed by atoms with Crippen molar-refractivity contribution in [3.63, 3.8) is 0 Å². The van der Waals surface area contributed by atoms with E-state index in [1.807, 2.05) is 42.5 Å². The van der Waals surface area contributed by atoms with Crippen molar-refractivity contribution >= 4 is 11.6 Å². The van der Waals surface area contributed by atoms with Crippen LogP contribution in [-0.4, -0.2) is 57.2 Å².